The number of nitrogens with one attached hydrogen (secondary N) is 2. The zero-order chi connectivity index (χ0) is 17.6. The number of aliphatic hydroxyl groups excluding tert-OH is 1. The molecule has 0 aliphatic rings. The van der Waals surface area contributed by atoms with Gasteiger partial charge in [-0.1, -0.05) is 55.5 Å². The summed E-state index contributed by atoms with van der Waals surface area (Å²) in [5.74, 6) is -0.398. The lowest BCUT2D eigenvalue weighted by atomic mass is 9.92. The topological polar surface area (TPSA) is 61.4 Å². The van der Waals surface area contributed by atoms with Gasteiger partial charge in [0, 0.05) is 5.69 Å². The van der Waals surface area contributed by atoms with Gasteiger partial charge in [-0.05, 0) is 31.5 Å². The Morgan fingerprint density at radius 1 is 1.04 bits per heavy atom. The van der Waals surface area contributed by atoms with Crippen LogP contribution in [0, 0.1) is 5.92 Å². The molecule has 0 aromatic heterocycles. The number of anilines is 1. The quantitative estimate of drug-likeness (QED) is 0.731. The summed E-state index contributed by atoms with van der Waals surface area (Å²) in [4.78, 5) is 12.7. The highest BCUT2D eigenvalue weighted by molar-refractivity contribution is 5.80. The van der Waals surface area contributed by atoms with Gasteiger partial charge in [-0.15, -0.1) is 0 Å². The normalized spacial score (nSPS) is 13.8. The summed E-state index contributed by atoms with van der Waals surface area (Å²) in [7, 11) is 0. The van der Waals surface area contributed by atoms with Crippen molar-refractivity contribution in [3.63, 3.8) is 0 Å². The van der Waals surface area contributed by atoms with E-state index in [9.17, 15) is 9.90 Å². The predicted octanol–water partition coefficient (Wildman–Crippen LogP) is 3.36. The molecule has 24 heavy (non-hydrogen) atoms. The van der Waals surface area contributed by atoms with Crippen LogP contribution in [-0.2, 0) is 4.79 Å². The van der Waals surface area contributed by atoms with E-state index in [4.69, 9.17) is 0 Å². The molecule has 3 N–H and O–H groups in total. The van der Waals surface area contributed by atoms with Crippen molar-refractivity contribution in [2.45, 2.75) is 32.4 Å². The van der Waals surface area contributed by atoms with Crippen LogP contribution in [0.25, 0.3) is 0 Å². The van der Waals surface area contributed by atoms with Gasteiger partial charge in [0.05, 0.1) is 24.1 Å². The van der Waals surface area contributed by atoms with Crippen molar-refractivity contribution in [3.05, 3.63) is 66.2 Å². The summed E-state index contributed by atoms with van der Waals surface area (Å²) in [5.41, 5.74) is 1.37. The first-order chi connectivity index (χ1) is 11.4. The molecule has 0 heterocycles. The molecule has 2 aromatic rings. The van der Waals surface area contributed by atoms with Crippen molar-refractivity contribution in [2.75, 3.05) is 11.9 Å². The van der Waals surface area contributed by atoms with Gasteiger partial charge in [0.15, 0.2) is 0 Å². The third-order valence-electron chi connectivity index (χ3n) is 4.03. The zero-order valence-electron chi connectivity index (χ0n) is 14.5. The van der Waals surface area contributed by atoms with E-state index in [1.807, 2.05) is 67.6 Å². The average molecular weight is 326 g/mol. The number of benzene rings is 2. The summed E-state index contributed by atoms with van der Waals surface area (Å²) in [6, 6.07) is 19.6. The standard InChI is InChI=1S/C20H26N2O2/c1-15(19(24)22-20(2,3)14-23)18(16-10-6-4-7-11-16)21-17-12-8-5-9-13-17/h4-13,15,18,21,23H,14H2,1-3H3,(H,22,24). The van der Waals surface area contributed by atoms with Gasteiger partial charge in [0.1, 0.15) is 0 Å². The molecule has 128 valence electrons. The first kappa shape index (κ1) is 18.0. The number of hydrogen-bond donors (Lipinski definition) is 3. The van der Waals surface area contributed by atoms with Crippen LogP contribution in [0.3, 0.4) is 0 Å². The first-order valence-electron chi connectivity index (χ1n) is 8.22. The zero-order valence-corrected chi connectivity index (χ0v) is 14.5. The summed E-state index contributed by atoms with van der Waals surface area (Å²) in [6.45, 7) is 5.41. The lowest BCUT2D eigenvalue weighted by molar-refractivity contribution is -0.127. The van der Waals surface area contributed by atoms with E-state index in [1.165, 1.54) is 0 Å². The fourth-order valence-electron chi connectivity index (χ4n) is 2.51. The molecule has 0 radical (unpaired) electrons. The summed E-state index contributed by atoms with van der Waals surface area (Å²) < 4.78 is 0. The first-order valence-corrected chi connectivity index (χ1v) is 8.22. The van der Waals surface area contributed by atoms with Crippen LogP contribution in [0.1, 0.15) is 32.4 Å². The number of hydrogen-bond acceptors (Lipinski definition) is 3. The van der Waals surface area contributed by atoms with E-state index in [2.05, 4.69) is 10.6 Å². The molecule has 0 saturated heterocycles. The molecule has 2 aromatic carbocycles. The molecule has 0 saturated carbocycles. The molecule has 4 nitrogen and oxygen atoms in total. The van der Waals surface area contributed by atoms with Gasteiger partial charge >= 0.3 is 0 Å². The van der Waals surface area contributed by atoms with Crippen molar-refractivity contribution in [1.29, 1.82) is 0 Å². The van der Waals surface area contributed by atoms with E-state index in [1.54, 1.807) is 13.8 Å². The van der Waals surface area contributed by atoms with Crippen molar-refractivity contribution in [1.82, 2.24) is 5.32 Å². The fraction of sp³-hybridized carbons (Fsp3) is 0.350. The van der Waals surface area contributed by atoms with Crippen LogP contribution in [0.2, 0.25) is 0 Å². The van der Waals surface area contributed by atoms with Gasteiger partial charge in [0.25, 0.3) is 0 Å². The maximum Gasteiger partial charge on any atom is 0.225 e. The number of amides is 1. The van der Waals surface area contributed by atoms with Gasteiger partial charge in [0.2, 0.25) is 5.91 Å². The molecule has 4 heteroatoms. The molecule has 0 aliphatic heterocycles. The number of para-hydroxylation sites is 1. The van der Waals surface area contributed by atoms with Gasteiger partial charge in [-0.2, -0.15) is 0 Å². The lowest BCUT2D eigenvalue weighted by Crippen LogP contribution is -2.49. The molecule has 2 unspecified atom stereocenters. The number of carbonyl (C=O) groups is 1. The Bertz CT molecular complexity index is 641. The van der Waals surface area contributed by atoms with E-state index in [0.717, 1.165) is 11.3 Å². The van der Waals surface area contributed by atoms with Gasteiger partial charge < -0.3 is 15.7 Å². The highest BCUT2D eigenvalue weighted by atomic mass is 16.3. The molecular weight excluding hydrogens is 300 g/mol. The number of carbonyl (C=O) groups excluding carboxylic acids is 1. The second kappa shape index (κ2) is 7.97. The van der Waals surface area contributed by atoms with Crippen molar-refractivity contribution >= 4 is 11.6 Å². The van der Waals surface area contributed by atoms with Crippen LogP contribution in [0.15, 0.2) is 60.7 Å². The van der Waals surface area contributed by atoms with E-state index in [0.29, 0.717) is 0 Å². The summed E-state index contributed by atoms with van der Waals surface area (Å²) in [6.07, 6.45) is 0. The minimum atomic E-state index is -0.640. The largest absolute Gasteiger partial charge is 0.394 e. The monoisotopic (exact) mass is 326 g/mol. The fourth-order valence-corrected chi connectivity index (χ4v) is 2.51. The van der Waals surface area contributed by atoms with Crippen LogP contribution < -0.4 is 10.6 Å². The lowest BCUT2D eigenvalue weighted by Gasteiger charge is -2.30. The second-order valence-corrected chi connectivity index (χ2v) is 6.72. The van der Waals surface area contributed by atoms with E-state index >= 15 is 0 Å². The van der Waals surface area contributed by atoms with Crippen molar-refractivity contribution < 1.29 is 9.90 Å². The van der Waals surface area contributed by atoms with Crippen molar-refractivity contribution in [2.24, 2.45) is 5.92 Å². The molecule has 1 amide bonds. The molecule has 2 rings (SSSR count). The number of aliphatic hydroxyl groups is 1. The highest BCUT2D eigenvalue weighted by Crippen LogP contribution is 2.27. The maximum atomic E-state index is 12.7. The van der Waals surface area contributed by atoms with Gasteiger partial charge in [-0.25, -0.2) is 0 Å². The van der Waals surface area contributed by atoms with E-state index in [-0.39, 0.29) is 24.5 Å². The maximum absolute atomic E-state index is 12.7. The third-order valence-corrected chi connectivity index (χ3v) is 4.03. The third kappa shape index (κ3) is 4.83. The number of rotatable bonds is 7. The summed E-state index contributed by atoms with van der Waals surface area (Å²) >= 11 is 0. The predicted molar refractivity (Wildman–Crippen MR) is 97.7 cm³/mol. The van der Waals surface area contributed by atoms with Crippen LogP contribution >= 0.6 is 0 Å². The van der Waals surface area contributed by atoms with Crippen LogP contribution in [-0.4, -0.2) is 23.2 Å². The van der Waals surface area contributed by atoms with Crippen LogP contribution in [0.5, 0.6) is 0 Å². The van der Waals surface area contributed by atoms with Crippen molar-refractivity contribution in [3.8, 4) is 0 Å². The second-order valence-electron chi connectivity index (χ2n) is 6.72. The Kier molecular flexibility index (Phi) is 5.99. The van der Waals surface area contributed by atoms with E-state index < -0.39 is 5.54 Å². The Labute approximate surface area is 143 Å². The summed E-state index contributed by atoms with van der Waals surface area (Å²) in [5, 5.41) is 15.8. The SMILES string of the molecule is CC(C(=O)NC(C)(C)CO)C(Nc1ccccc1)c1ccccc1. The molecule has 0 spiro atoms. The smallest absolute Gasteiger partial charge is 0.225 e. The minimum Gasteiger partial charge on any atom is -0.394 e. The van der Waals surface area contributed by atoms with Gasteiger partial charge in [-0.3, -0.25) is 4.79 Å². The van der Waals surface area contributed by atoms with Crippen LogP contribution in [0.4, 0.5) is 5.69 Å². The molecule has 0 bridgehead atoms. The molecule has 2 atom stereocenters. The average Bonchev–Trinajstić information content (AvgIpc) is 2.60. The minimum absolute atomic E-state index is 0.0914. The Morgan fingerprint density at radius 2 is 1.58 bits per heavy atom. The molecule has 0 fully saturated rings. The highest BCUT2D eigenvalue weighted by Gasteiger charge is 2.29. The Morgan fingerprint density at radius 3 is 2.12 bits per heavy atom. The molecule has 0 aliphatic carbocycles. The molecular formula is C20H26N2O2. The Balaban J connectivity index is 2.23. The Hall–Kier alpha value is -2.33.